The number of hydrogen-bond donors (Lipinski definition) is 1. The van der Waals surface area contributed by atoms with Crippen LogP contribution in [0.15, 0.2) is 0 Å². The zero-order valence-corrected chi connectivity index (χ0v) is 13.1. The summed E-state index contributed by atoms with van der Waals surface area (Å²) < 4.78 is 5.52. The molecule has 0 aromatic heterocycles. The molecular formula is C15H32N2O. The number of hydrogen-bond acceptors (Lipinski definition) is 3. The van der Waals surface area contributed by atoms with Gasteiger partial charge in [0.05, 0.1) is 6.10 Å². The molecule has 1 aliphatic rings. The minimum atomic E-state index is 0.123. The minimum Gasteiger partial charge on any atom is -0.381 e. The lowest BCUT2D eigenvalue weighted by molar-refractivity contribution is -0.0701. The van der Waals surface area contributed by atoms with E-state index in [1.165, 1.54) is 0 Å². The maximum absolute atomic E-state index is 6.20. The molecule has 0 aromatic rings. The number of likely N-dealkylation sites (tertiary alicyclic amines) is 1. The molecule has 108 valence electrons. The molecule has 2 N–H and O–H groups in total. The van der Waals surface area contributed by atoms with Crippen molar-refractivity contribution in [2.75, 3.05) is 20.2 Å². The van der Waals surface area contributed by atoms with E-state index in [0.717, 1.165) is 25.9 Å². The van der Waals surface area contributed by atoms with Gasteiger partial charge in [-0.05, 0) is 31.6 Å². The van der Waals surface area contributed by atoms with Crippen molar-refractivity contribution >= 4 is 0 Å². The lowest BCUT2D eigenvalue weighted by atomic mass is 9.73. The van der Waals surface area contributed by atoms with Gasteiger partial charge in [-0.15, -0.1) is 0 Å². The first-order valence-corrected chi connectivity index (χ1v) is 7.39. The molecular weight excluding hydrogens is 224 g/mol. The Labute approximate surface area is 113 Å². The van der Waals surface area contributed by atoms with E-state index >= 15 is 0 Å². The van der Waals surface area contributed by atoms with Crippen LogP contribution in [0.4, 0.5) is 0 Å². The highest BCUT2D eigenvalue weighted by molar-refractivity contribution is 5.00. The Balaban J connectivity index is 2.94. The third-order valence-corrected chi connectivity index (χ3v) is 5.02. The van der Waals surface area contributed by atoms with Crippen molar-refractivity contribution in [2.45, 2.75) is 65.1 Å². The van der Waals surface area contributed by atoms with Crippen molar-refractivity contribution in [2.24, 2.45) is 17.6 Å². The van der Waals surface area contributed by atoms with E-state index in [-0.39, 0.29) is 5.54 Å². The standard InChI is InChI=1S/C15H32N2O/c1-11(2)15(10-16,12(3)4)17-8-7-14(18-6)9-13(17)5/h11-14H,7-10,16H2,1-6H3. The Bertz CT molecular complexity index is 245. The molecule has 2 atom stereocenters. The number of nitrogens with two attached hydrogens (primary N) is 1. The molecule has 0 spiro atoms. The number of nitrogens with zero attached hydrogens (tertiary/aromatic N) is 1. The fourth-order valence-corrected chi connectivity index (χ4v) is 3.88. The van der Waals surface area contributed by atoms with Crippen molar-refractivity contribution in [1.82, 2.24) is 4.90 Å². The van der Waals surface area contributed by atoms with Crippen LogP contribution in [0, 0.1) is 11.8 Å². The van der Waals surface area contributed by atoms with Crippen LogP contribution in [-0.2, 0) is 4.74 Å². The average molecular weight is 256 g/mol. The summed E-state index contributed by atoms with van der Waals surface area (Å²) in [6.45, 7) is 13.4. The maximum atomic E-state index is 6.20. The molecule has 0 radical (unpaired) electrons. The predicted octanol–water partition coefficient (Wildman–Crippen LogP) is 2.50. The summed E-state index contributed by atoms with van der Waals surface area (Å²) in [5.74, 6) is 1.15. The molecule has 1 rings (SSSR count). The maximum Gasteiger partial charge on any atom is 0.0598 e. The predicted molar refractivity (Wildman–Crippen MR) is 77.7 cm³/mol. The fourth-order valence-electron chi connectivity index (χ4n) is 3.88. The molecule has 1 fully saturated rings. The molecule has 0 aliphatic carbocycles. The van der Waals surface area contributed by atoms with Crippen molar-refractivity contribution in [1.29, 1.82) is 0 Å². The van der Waals surface area contributed by atoms with Crippen LogP contribution in [0.25, 0.3) is 0 Å². The molecule has 0 bridgehead atoms. The van der Waals surface area contributed by atoms with Crippen molar-refractivity contribution in [3.63, 3.8) is 0 Å². The van der Waals surface area contributed by atoms with Crippen molar-refractivity contribution in [3.8, 4) is 0 Å². The van der Waals surface area contributed by atoms with E-state index in [4.69, 9.17) is 10.5 Å². The minimum absolute atomic E-state index is 0.123. The van der Waals surface area contributed by atoms with Gasteiger partial charge in [0.1, 0.15) is 0 Å². The Kier molecular flexibility index (Phi) is 5.63. The van der Waals surface area contributed by atoms with Gasteiger partial charge in [-0.2, -0.15) is 0 Å². The van der Waals surface area contributed by atoms with E-state index in [1.807, 2.05) is 7.11 Å². The van der Waals surface area contributed by atoms with Crippen LogP contribution >= 0.6 is 0 Å². The summed E-state index contributed by atoms with van der Waals surface area (Å²) in [5.41, 5.74) is 6.32. The summed E-state index contributed by atoms with van der Waals surface area (Å²) in [6.07, 6.45) is 2.67. The smallest absolute Gasteiger partial charge is 0.0598 e. The largest absolute Gasteiger partial charge is 0.381 e. The van der Waals surface area contributed by atoms with Crippen LogP contribution in [0.1, 0.15) is 47.5 Å². The first kappa shape index (κ1) is 15.9. The van der Waals surface area contributed by atoms with Gasteiger partial charge in [0.25, 0.3) is 0 Å². The van der Waals surface area contributed by atoms with Crippen LogP contribution in [0.5, 0.6) is 0 Å². The zero-order valence-electron chi connectivity index (χ0n) is 13.1. The Morgan fingerprint density at radius 1 is 1.28 bits per heavy atom. The molecule has 1 saturated heterocycles. The van der Waals surface area contributed by atoms with Gasteiger partial charge in [0.15, 0.2) is 0 Å². The van der Waals surface area contributed by atoms with E-state index in [2.05, 4.69) is 39.5 Å². The monoisotopic (exact) mass is 256 g/mol. The molecule has 3 heteroatoms. The highest BCUT2D eigenvalue weighted by Crippen LogP contribution is 2.37. The normalized spacial score (nSPS) is 27.2. The second kappa shape index (κ2) is 6.36. The molecule has 1 aliphatic heterocycles. The Morgan fingerprint density at radius 2 is 1.83 bits per heavy atom. The Morgan fingerprint density at radius 3 is 2.17 bits per heavy atom. The fraction of sp³-hybridized carbons (Fsp3) is 1.00. The SMILES string of the molecule is COC1CCN(C(CN)(C(C)C)C(C)C)C(C)C1. The van der Waals surface area contributed by atoms with E-state index in [0.29, 0.717) is 24.0 Å². The molecule has 0 amide bonds. The number of rotatable bonds is 5. The van der Waals surface area contributed by atoms with Crippen molar-refractivity contribution in [3.05, 3.63) is 0 Å². The first-order valence-electron chi connectivity index (χ1n) is 7.39. The van der Waals surface area contributed by atoms with Gasteiger partial charge in [0, 0.05) is 31.8 Å². The number of piperidine rings is 1. The highest BCUT2D eigenvalue weighted by atomic mass is 16.5. The van der Waals surface area contributed by atoms with Crippen LogP contribution in [-0.4, -0.2) is 42.8 Å². The van der Waals surface area contributed by atoms with Gasteiger partial charge in [-0.1, -0.05) is 27.7 Å². The molecule has 0 saturated carbocycles. The van der Waals surface area contributed by atoms with E-state index < -0.39 is 0 Å². The summed E-state index contributed by atoms with van der Waals surface area (Å²) in [5, 5.41) is 0. The van der Waals surface area contributed by atoms with Crippen molar-refractivity contribution < 1.29 is 4.74 Å². The van der Waals surface area contributed by atoms with Crippen LogP contribution < -0.4 is 5.73 Å². The Hall–Kier alpha value is -0.120. The third-order valence-electron chi connectivity index (χ3n) is 5.02. The lowest BCUT2D eigenvalue weighted by Gasteiger charge is -2.54. The first-order chi connectivity index (χ1) is 8.40. The third kappa shape index (κ3) is 2.73. The quantitative estimate of drug-likeness (QED) is 0.821. The van der Waals surface area contributed by atoms with E-state index in [1.54, 1.807) is 0 Å². The van der Waals surface area contributed by atoms with Gasteiger partial charge in [-0.25, -0.2) is 0 Å². The number of methoxy groups -OCH3 is 1. The van der Waals surface area contributed by atoms with Crippen LogP contribution in [0.3, 0.4) is 0 Å². The second-order valence-corrected chi connectivity index (χ2v) is 6.43. The summed E-state index contributed by atoms with van der Waals surface area (Å²) in [6, 6.07) is 0.553. The average Bonchev–Trinajstić information content (AvgIpc) is 2.31. The lowest BCUT2D eigenvalue weighted by Crippen LogP contribution is -2.65. The van der Waals surface area contributed by atoms with E-state index in [9.17, 15) is 0 Å². The highest BCUT2D eigenvalue weighted by Gasteiger charge is 2.45. The summed E-state index contributed by atoms with van der Waals surface area (Å²) >= 11 is 0. The molecule has 2 unspecified atom stereocenters. The summed E-state index contributed by atoms with van der Waals surface area (Å²) in [7, 11) is 1.83. The second-order valence-electron chi connectivity index (χ2n) is 6.43. The zero-order chi connectivity index (χ0) is 13.9. The van der Waals surface area contributed by atoms with Gasteiger partial charge in [0.2, 0.25) is 0 Å². The summed E-state index contributed by atoms with van der Waals surface area (Å²) in [4.78, 5) is 2.65. The molecule has 18 heavy (non-hydrogen) atoms. The van der Waals surface area contributed by atoms with Gasteiger partial charge < -0.3 is 10.5 Å². The molecule has 3 nitrogen and oxygen atoms in total. The molecule has 1 heterocycles. The number of ether oxygens (including phenoxy) is 1. The topological polar surface area (TPSA) is 38.5 Å². The van der Waals surface area contributed by atoms with Crippen LogP contribution in [0.2, 0.25) is 0 Å². The van der Waals surface area contributed by atoms with Gasteiger partial charge >= 0.3 is 0 Å². The molecule has 0 aromatic carbocycles. The van der Waals surface area contributed by atoms with Gasteiger partial charge in [-0.3, -0.25) is 4.90 Å².